The van der Waals surface area contributed by atoms with Crippen LogP contribution in [-0.4, -0.2) is 44.9 Å². The van der Waals surface area contributed by atoms with Crippen LogP contribution in [0.2, 0.25) is 5.02 Å². The van der Waals surface area contributed by atoms with Gasteiger partial charge in [0.05, 0.1) is 11.6 Å². The Morgan fingerprint density at radius 1 is 1.18 bits per heavy atom. The van der Waals surface area contributed by atoms with Crippen molar-refractivity contribution in [3.05, 3.63) is 23.2 Å². The molecule has 5 nitrogen and oxygen atoms in total. The molecule has 0 unspecified atom stereocenters. The molecule has 1 aromatic carbocycles. The number of hydrogen-bond acceptors (Lipinski definition) is 4. The largest absolute Gasteiger partial charge is 0.489 e. The fourth-order valence-electron chi connectivity index (χ4n) is 1.74. The van der Waals surface area contributed by atoms with Gasteiger partial charge in [0, 0.05) is 13.2 Å². The number of benzene rings is 1. The summed E-state index contributed by atoms with van der Waals surface area (Å²) in [5.41, 5.74) is 0.458. The Labute approximate surface area is 141 Å². The van der Waals surface area contributed by atoms with Crippen LogP contribution in [0.5, 0.6) is 5.75 Å². The van der Waals surface area contributed by atoms with Gasteiger partial charge in [-0.1, -0.05) is 17.7 Å². The number of halogens is 2. The van der Waals surface area contributed by atoms with Crippen LogP contribution >= 0.6 is 23.2 Å². The first-order valence-electron chi connectivity index (χ1n) is 7.08. The van der Waals surface area contributed by atoms with Crippen molar-refractivity contribution in [2.75, 3.05) is 43.9 Å². The predicted octanol–water partition coefficient (Wildman–Crippen LogP) is 3.32. The number of carbonyl (C=O) groups excluding carboxylic acids is 1. The Morgan fingerprint density at radius 3 is 2.55 bits per heavy atom. The first kappa shape index (κ1) is 19.0. The molecule has 124 valence electrons. The second kappa shape index (κ2) is 10.7. The average Bonchev–Trinajstić information content (AvgIpc) is 2.53. The van der Waals surface area contributed by atoms with Crippen molar-refractivity contribution in [1.29, 1.82) is 0 Å². The molecule has 7 heteroatoms. The van der Waals surface area contributed by atoms with E-state index >= 15 is 0 Å². The Hall–Kier alpha value is -1.01. The fourth-order valence-corrected chi connectivity index (χ4v) is 2.16. The maximum absolute atomic E-state index is 12.1. The van der Waals surface area contributed by atoms with Gasteiger partial charge in [0.15, 0.2) is 0 Å². The van der Waals surface area contributed by atoms with Crippen LogP contribution in [0, 0.1) is 0 Å². The molecule has 0 radical (unpaired) electrons. The van der Waals surface area contributed by atoms with Gasteiger partial charge in [-0.25, -0.2) is 0 Å². The number of hydrogen-bond donors (Lipinski definition) is 0. The highest BCUT2D eigenvalue weighted by Crippen LogP contribution is 2.36. The van der Waals surface area contributed by atoms with E-state index in [1.807, 2.05) is 13.8 Å². The maximum Gasteiger partial charge on any atom is 0.243 e. The minimum atomic E-state index is -0.308. The number of nitrogens with zero attached hydrogens (tertiary/aromatic N) is 1. The maximum atomic E-state index is 12.1. The molecule has 1 amide bonds. The van der Waals surface area contributed by atoms with Crippen LogP contribution in [0.4, 0.5) is 5.69 Å². The molecule has 0 aromatic heterocycles. The second-order valence-corrected chi connectivity index (χ2v) is 4.88. The zero-order chi connectivity index (χ0) is 16.4. The zero-order valence-corrected chi connectivity index (χ0v) is 14.3. The molecule has 0 aliphatic rings. The standard InChI is InChI=1S/C15H21Cl2NO4/c1-3-20-8-9-22-13-7-5-6-12(17)15(13)18(11-21-4-2)14(19)10-16/h5-7H,3-4,8-11H2,1-2H3. The van der Waals surface area contributed by atoms with Gasteiger partial charge >= 0.3 is 0 Å². The van der Waals surface area contributed by atoms with E-state index < -0.39 is 0 Å². The lowest BCUT2D eigenvalue weighted by atomic mass is 10.2. The molecule has 0 fully saturated rings. The average molecular weight is 350 g/mol. The van der Waals surface area contributed by atoms with Gasteiger partial charge in [0.2, 0.25) is 5.91 Å². The highest BCUT2D eigenvalue weighted by molar-refractivity contribution is 6.35. The third-order valence-corrected chi connectivity index (χ3v) is 3.28. The summed E-state index contributed by atoms with van der Waals surface area (Å²) in [6, 6.07) is 5.19. The molecule has 0 bridgehead atoms. The third-order valence-electron chi connectivity index (χ3n) is 2.75. The Kier molecular flexibility index (Phi) is 9.24. The molecule has 0 N–H and O–H groups in total. The molecule has 0 aliphatic carbocycles. The smallest absolute Gasteiger partial charge is 0.243 e. The molecule has 0 heterocycles. The first-order valence-corrected chi connectivity index (χ1v) is 8.00. The molecular formula is C15H21Cl2NO4. The number of alkyl halides is 1. The van der Waals surface area contributed by atoms with E-state index in [0.717, 1.165) is 0 Å². The van der Waals surface area contributed by atoms with Gasteiger partial charge < -0.3 is 14.2 Å². The summed E-state index contributed by atoms with van der Waals surface area (Å²) in [6.07, 6.45) is 0. The molecular weight excluding hydrogens is 329 g/mol. The fraction of sp³-hybridized carbons (Fsp3) is 0.533. The van der Waals surface area contributed by atoms with E-state index in [-0.39, 0.29) is 18.5 Å². The van der Waals surface area contributed by atoms with E-state index in [1.165, 1.54) is 4.90 Å². The number of ether oxygens (including phenoxy) is 3. The Balaban J connectivity index is 2.98. The number of para-hydroxylation sites is 1. The number of anilines is 1. The molecule has 0 saturated heterocycles. The van der Waals surface area contributed by atoms with Crippen LogP contribution < -0.4 is 9.64 Å². The van der Waals surface area contributed by atoms with Crippen molar-refractivity contribution < 1.29 is 19.0 Å². The SMILES string of the molecule is CCOCCOc1cccc(Cl)c1N(COCC)C(=O)CCl. The molecule has 22 heavy (non-hydrogen) atoms. The summed E-state index contributed by atoms with van der Waals surface area (Å²) < 4.78 is 16.2. The number of amides is 1. The van der Waals surface area contributed by atoms with E-state index in [4.69, 9.17) is 37.4 Å². The summed E-state index contributed by atoms with van der Waals surface area (Å²) in [5, 5.41) is 0.395. The summed E-state index contributed by atoms with van der Waals surface area (Å²) in [6.45, 7) is 5.72. The quantitative estimate of drug-likeness (QED) is 0.369. The normalized spacial score (nSPS) is 10.5. The summed E-state index contributed by atoms with van der Waals surface area (Å²) in [4.78, 5) is 13.5. The van der Waals surface area contributed by atoms with E-state index in [2.05, 4.69) is 0 Å². The van der Waals surface area contributed by atoms with Crippen molar-refractivity contribution in [2.45, 2.75) is 13.8 Å². The second-order valence-electron chi connectivity index (χ2n) is 4.21. The molecule has 0 saturated carbocycles. The summed E-state index contributed by atoms with van der Waals surface area (Å²) in [7, 11) is 0. The van der Waals surface area contributed by atoms with E-state index in [1.54, 1.807) is 18.2 Å². The van der Waals surface area contributed by atoms with Crippen LogP contribution in [0.25, 0.3) is 0 Å². The number of rotatable bonds is 10. The Morgan fingerprint density at radius 2 is 1.91 bits per heavy atom. The van der Waals surface area contributed by atoms with Crippen molar-refractivity contribution >= 4 is 34.8 Å². The van der Waals surface area contributed by atoms with Gasteiger partial charge in [-0.05, 0) is 26.0 Å². The third kappa shape index (κ3) is 5.65. The van der Waals surface area contributed by atoms with Gasteiger partial charge in [0.1, 0.15) is 30.7 Å². The summed E-state index contributed by atoms with van der Waals surface area (Å²) >= 11 is 11.9. The van der Waals surface area contributed by atoms with Gasteiger partial charge in [-0.2, -0.15) is 0 Å². The molecule has 0 aliphatic heterocycles. The minimum Gasteiger partial charge on any atom is -0.489 e. The lowest BCUT2D eigenvalue weighted by Gasteiger charge is -2.25. The lowest BCUT2D eigenvalue weighted by molar-refractivity contribution is -0.117. The van der Waals surface area contributed by atoms with Crippen molar-refractivity contribution in [1.82, 2.24) is 0 Å². The minimum absolute atomic E-state index is 0.0631. The van der Waals surface area contributed by atoms with Gasteiger partial charge in [0.25, 0.3) is 0 Å². The van der Waals surface area contributed by atoms with Crippen LogP contribution in [-0.2, 0) is 14.3 Å². The zero-order valence-electron chi connectivity index (χ0n) is 12.8. The van der Waals surface area contributed by atoms with Crippen molar-refractivity contribution in [3.63, 3.8) is 0 Å². The van der Waals surface area contributed by atoms with Gasteiger partial charge in [-0.15, -0.1) is 11.6 Å². The van der Waals surface area contributed by atoms with E-state index in [9.17, 15) is 4.79 Å². The number of carbonyl (C=O) groups is 1. The Bertz CT molecular complexity index is 471. The lowest BCUT2D eigenvalue weighted by Crippen LogP contribution is -2.34. The van der Waals surface area contributed by atoms with Crippen LogP contribution in [0.3, 0.4) is 0 Å². The molecule has 1 rings (SSSR count). The topological polar surface area (TPSA) is 48.0 Å². The van der Waals surface area contributed by atoms with Crippen LogP contribution in [0.1, 0.15) is 13.8 Å². The van der Waals surface area contributed by atoms with E-state index in [0.29, 0.717) is 42.9 Å². The van der Waals surface area contributed by atoms with Crippen molar-refractivity contribution in [3.8, 4) is 5.75 Å². The monoisotopic (exact) mass is 349 g/mol. The molecule has 0 atom stereocenters. The van der Waals surface area contributed by atoms with Gasteiger partial charge in [-0.3, -0.25) is 9.69 Å². The molecule has 1 aromatic rings. The first-order chi connectivity index (χ1) is 10.7. The highest BCUT2D eigenvalue weighted by Gasteiger charge is 2.22. The summed E-state index contributed by atoms with van der Waals surface area (Å²) in [5.74, 6) is 0.0136. The van der Waals surface area contributed by atoms with Crippen LogP contribution in [0.15, 0.2) is 18.2 Å². The van der Waals surface area contributed by atoms with Crippen molar-refractivity contribution in [2.24, 2.45) is 0 Å². The predicted molar refractivity (Wildman–Crippen MR) is 88.1 cm³/mol. The highest BCUT2D eigenvalue weighted by atomic mass is 35.5. The molecule has 0 spiro atoms.